The Morgan fingerprint density at radius 2 is 2.00 bits per heavy atom. The molecule has 4 atom stereocenters. The van der Waals surface area contributed by atoms with Gasteiger partial charge in [0.05, 0.1) is 13.7 Å². The molecular formula is C24H30O5. The van der Waals surface area contributed by atoms with Crippen LogP contribution in [0.1, 0.15) is 44.1 Å². The van der Waals surface area contributed by atoms with Crippen LogP contribution in [-0.2, 0) is 19.0 Å². The van der Waals surface area contributed by atoms with Crippen molar-refractivity contribution >= 4 is 12.0 Å². The lowest BCUT2D eigenvalue weighted by Gasteiger charge is -2.42. The van der Waals surface area contributed by atoms with Gasteiger partial charge in [0, 0.05) is 19.1 Å². The third kappa shape index (κ3) is 4.41. The molecule has 1 saturated carbocycles. The van der Waals surface area contributed by atoms with E-state index in [0.717, 1.165) is 43.6 Å². The molecule has 1 heterocycles. The molecule has 0 N–H and O–H groups in total. The molecule has 156 valence electrons. The molecule has 1 aromatic rings. The third-order valence-electron chi connectivity index (χ3n) is 6.42. The summed E-state index contributed by atoms with van der Waals surface area (Å²) < 4.78 is 22.8. The van der Waals surface area contributed by atoms with Crippen molar-refractivity contribution in [1.82, 2.24) is 0 Å². The fourth-order valence-electron chi connectivity index (χ4n) is 4.81. The minimum absolute atomic E-state index is 0.105. The molecule has 1 spiro atoms. The van der Waals surface area contributed by atoms with E-state index in [1.165, 1.54) is 24.5 Å². The molecule has 2 fully saturated rings. The fourth-order valence-corrected chi connectivity index (χ4v) is 4.81. The van der Waals surface area contributed by atoms with Crippen LogP contribution in [0.3, 0.4) is 0 Å². The van der Waals surface area contributed by atoms with Crippen molar-refractivity contribution in [3.05, 3.63) is 47.6 Å². The molecule has 0 aromatic heterocycles. The number of carbonyl (C=O) groups is 1. The van der Waals surface area contributed by atoms with E-state index in [1.54, 1.807) is 20.3 Å². The normalized spacial score (nSPS) is 31.5. The van der Waals surface area contributed by atoms with Gasteiger partial charge in [-0.2, -0.15) is 0 Å². The molecular weight excluding hydrogens is 368 g/mol. The van der Waals surface area contributed by atoms with Gasteiger partial charge >= 0.3 is 5.97 Å². The lowest BCUT2D eigenvalue weighted by molar-refractivity contribution is -0.160. The maximum Gasteiger partial charge on any atom is 0.331 e. The number of benzene rings is 1. The molecule has 0 amide bonds. The summed E-state index contributed by atoms with van der Waals surface area (Å²) in [5.74, 6) is 0.635. The maximum atomic E-state index is 12.5. The van der Waals surface area contributed by atoms with Crippen LogP contribution in [0.5, 0.6) is 5.75 Å². The van der Waals surface area contributed by atoms with Crippen molar-refractivity contribution in [1.29, 1.82) is 0 Å². The average molecular weight is 398 g/mol. The highest BCUT2D eigenvalue weighted by Gasteiger charge is 2.60. The van der Waals surface area contributed by atoms with Gasteiger partial charge in [-0.15, -0.1) is 0 Å². The van der Waals surface area contributed by atoms with Crippen LogP contribution in [0.25, 0.3) is 6.08 Å². The van der Waals surface area contributed by atoms with Crippen LogP contribution >= 0.6 is 0 Å². The van der Waals surface area contributed by atoms with Crippen LogP contribution in [-0.4, -0.2) is 44.6 Å². The monoisotopic (exact) mass is 398 g/mol. The molecule has 0 unspecified atom stereocenters. The number of hydrogen-bond acceptors (Lipinski definition) is 5. The largest absolute Gasteiger partial charge is 0.497 e. The molecule has 3 aliphatic rings. The highest BCUT2D eigenvalue weighted by atomic mass is 16.6. The second-order valence-electron chi connectivity index (χ2n) is 8.18. The Hall–Kier alpha value is -2.11. The first-order valence-corrected chi connectivity index (χ1v) is 10.5. The number of rotatable bonds is 6. The van der Waals surface area contributed by atoms with Crippen LogP contribution in [0, 0.1) is 5.92 Å². The second-order valence-corrected chi connectivity index (χ2v) is 8.18. The fraction of sp³-hybridized carbons (Fsp3) is 0.542. The molecule has 1 aromatic carbocycles. The van der Waals surface area contributed by atoms with Crippen LogP contribution in [0.4, 0.5) is 0 Å². The van der Waals surface area contributed by atoms with Gasteiger partial charge in [-0.1, -0.05) is 23.8 Å². The number of ether oxygens (including phenoxy) is 4. The van der Waals surface area contributed by atoms with Crippen molar-refractivity contribution in [3.63, 3.8) is 0 Å². The van der Waals surface area contributed by atoms with Crippen molar-refractivity contribution < 1.29 is 23.7 Å². The van der Waals surface area contributed by atoms with Gasteiger partial charge in [0.25, 0.3) is 0 Å². The predicted molar refractivity (Wildman–Crippen MR) is 111 cm³/mol. The number of hydrogen-bond donors (Lipinski definition) is 0. The first-order chi connectivity index (χ1) is 14.1. The summed E-state index contributed by atoms with van der Waals surface area (Å²) >= 11 is 0. The van der Waals surface area contributed by atoms with Crippen molar-refractivity contribution in [2.24, 2.45) is 5.92 Å². The van der Waals surface area contributed by atoms with Crippen LogP contribution in [0.2, 0.25) is 0 Å². The van der Waals surface area contributed by atoms with E-state index in [-0.39, 0.29) is 29.7 Å². The average Bonchev–Trinajstić information content (AvgIpc) is 3.54. The Balaban J connectivity index is 1.43. The number of esters is 1. The van der Waals surface area contributed by atoms with E-state index < -0.39 is 0 Å². The summed E-state index contributed by atoms with van der Waals surface area (Å²) in [6, 6.07) is 7.54. The topological polar surface area (TPSA) is 57.3 Å². The number of carbonyl (C=O) groups excluding carboxylic acids is 1. The van der Waals surface area contributed by atoms with Gasteiger partial charge in [0.15, 0.2) is 0 Å². The molecule has 5 heteroatoms. The Morgan fingerprint density at radius 1 is 1.21 bits per heavy atom. The zero-order chi connectivity index (χ0) is 20.3. The Bertz CT molecular complexity index is 775. The molecule has 0 radical (unpaired) electrons. The van der Waals surface area contributed by atoms with Gasteiger partial charge in [-0.25, -0.2) is 4.79 Å². The van der Waals surface area contributed by atoms with Gasteiger partial charge in [0.2, 0.25) is 0 Å². The lowest BCUT2D eigenvalue weighted by atomic mass is 9.69. The minimum Gasteiger partial charge on any atom is -0.497 e. The van der Waals surface area contributed by atoms with E-state index in [0.29, 0.717) is 0 Å². The summed E-state index contributed by atoms with van der Waals surface area (Å²) in [6.45, 7) is 0.785. The van der Waals surface area contributed by atoms with Gasteiger partial charge in [-0.3, -0.25) is 0 Å². The molecule has 29 heavy (non-hydrogen) atoms. The SMILES string of the molecule is COc1ccc(/C=C/C(=O)O[C@@H]2CC[C@]3(CO3)[C@@H](C3=CCCCC3)[C@@H]2OC)cc1. The van der Waals surface area contributed by atoms with E-state index in [2.05, 4.69) is 6.08 Å². The van der Waals surface area contributed by atoms with Crippen LogP contribution in [0.15, 0.2) is 42.0 Å². The highest BCUT2D eigenvalue weighted by Crippen LogP contribution is 2.52. The molecule has 4 rings (SSSR count). The zero-order valence-electron chi connectivity index (χ0n) is 17.3. The number of allylic oxidation sites excluding steroid dienone is 1. The Kier molecular flexibility index (Phi) is 6.07. The standard InChI is InChI=1S/C24H30O5/c1-26-19-11-8-17(9-12-19)10-13-21(25)29-20-14-15-24(16-28-24)22(23(20)27-2)18-6-4-3-5-7-18/h6,8-13,20,22-23H,3-5,7,14-16H2,1-2H3/b13-10+/t20-,22+,23-,24+/m1/s1. The summed E-state index contributed by atoms with van der Waals surface area (Å²) in [5, 5.41) is 0. The molecule has 0 bridgehead atoms. The van der Waals surface area contributed by atoms with Crippen LogP contribution < -0.4 is 4.74 Å². The maximum absolute atomic E-state index is 12.5. The summed E-state index contributed by atoms with van der Waals surface area (Å²) in [6.07, 6.45) is 11.5. The predicted octanol–water partition coefficient (Wildman–Crippen LogP) is 4.31. The molecule has 1 saturated heterocycles. The second kappa shape index (κ2) is 8.72. The summed E-state index contributed by atoms with van der Waals surface area (Å²) in [5.41, 5.74) is 2.24. The Labute approximate surface area is 172 Å². The van der Waals surface area contributed by atoms with Gasteiger partial charge in [-0.05, 0) is 62.3 Å². The Morgan fingerprint density at radius 3 is 2.62 bits per heavy atom. The smallest absolute Gasteiger partial charge is 0.331 e. The quantitative estimate of drug-likeness (QED) is 0.309. The third-order valence-corrected chi connectivity index (χ3v) is 6.42. The van der Waals surface area contributed by atoms with E-state index in [1.807, 2.05) is 24.3 Å². The van der Waals surface area contributed by atoms with Gasteiger partial charge < -0.3 is 18.9 Å². The highest BCUT2D eigenvalue weighted by molar-refractivity contribution is 5.87. The van der Waals surface area contributed by atoms with Crippen molar-refractivity contribution in [2.75, 3.05) is 20.8 Å². The first kappa shape index (κ1) is 20.2. The first-order valence-electron chi connectivity index (χ1n) is 10.5. The number of methoxy groups -OCH3 is 2. The van der Waals surface area contributed by atoms with E-state index in [9.17, 15) is 4.79 Å². The minimum atomic E-state index is -0.336. The van der Waals surface area contributed by atoms with Crippen molar-refractivity contribution in [2.45, 2.75) is 56.3 Å². The lowest BCUT2D eigenvalue weighted by Crippen LogP contribution is -2.50. The van der Waals surface area contributed by atoms with E-state index in [4.69, 9.17) is 18.9 Å². The molecule has 1 aliphatic heterocycles. The van der Waals surface area contributed by atoms with E-state index >= 15 is 0 Å². The summed E-state index contributed by atoms with van der Waals surface area (Å²) in [7, 11) is 3.35. The summed E-state index contributed by atoms with van der Waals surface area (Å²) in [4.78, 5) is 12.5. The van der Waals surface area contributed by atoms with Crippen molar-refractivity contribution in [3.8, 4) is 5.75 Å². The number of epoxide rings is 1. The van der Waals surface area contributed by atoms with Gasteiger partial charge in [0.1, 0.15) is 23.6 Å². The zero-order valence-corrected chi connectivity index (χ0v) is 17.3. The molecule has 2 aliphatic carbocycles. The molecule has 5 nitrogen and oxygen atoms in total.